The van der Waals surface area contributed by atoms with Crippen LogP contribution in [0.15, 0.2) is 65.2 Å². The lowest BCUT2D eigenvalue weighted by atomic mass is 9.93. The number of nitrogen functional groups attached to an aromatic ring is 1. The molecule has 0 aliphatic heterocycles. The Labute approximate surface area is 132 Å². The molecule has 0 heterocycles. The summed E-state index contributed by atoms with van der Waals surface area (Å²) in [7, 11) is -3.98. The van der Waals surface area contributed by atoms with E-state index >= 15 is 0 Å². The third-order valence-corrected chi connectivity index (χ3v) is 4.77. The van der Waals surface area contributed by atoms with E-state index in [1.54, 1.807) is 12.1 Å². The molecular formula is C16H12N2O4S. The molecule has 1 aliphatic carbocycles. The van der Waals surface area contributed by atoms with E-state index in [2.05, 4.69) is 4.72 Å². The van der Waals surface area contributed by atoms with Crippen LogP contribution in [0.25, 0.3) is 0 Å². The van der Waals surface area contributed by atoms with Crippen molar-refractivity contribution in [1.29, 1.82) is 0 Å². The fourth-order valence-corrected chi connectivity index (χ4v) is 3.30. The zero-order valence-electron chi connectivity index (χ0n) is 11.8. The lowest BCUT2D eigenvalue weighted by molar-refractivity contribution is 0.0981. The van der Waals surface area contributed by atoms with Crippen LogP contribution in [0, 0.1) is 0 Å². The van der Waals surface area contributed by atoms with Crippen LogP contribution in [0.1, 0.15) is 20.7 Å². The van der Waals surface area contributed by atoms with E-state index in [-0.39, 0.29) is 21.7 Å². The third-order valence-electron chi connectivity index (χ3n) is 3.39. The predicted octanol–water partition coefficient (Wildman–Crippen LogP) is 1.51. The van der Waals surface area contributed by atoms with Gasteiger partial charge in [0.25, 0.3) is 10.0 Å². The lowest BCUT2D eigenvalue weighted by Crippen LogP contribution is -2.31. The van der Waals surface area contributed by atoms with Crippen LogP contribution < -0.4 is 10.5 Å². The van der Waals surface area contributed by atoms with Crippen LogP contribution in [0.3, 0.4) is 0 Å². The molecule has 0 amide bonds. The van der Waals surface area contributed by atoms with E-state index in [0.717, 1.165) is 6.08 Å². The molecule has 3 rings (SSSR count). The zero-order valence-corrected chi connectivity index (χ0v) is 12.6. The van der Waals surface area contributed by atoms with Crippen molar-refractivity contribution in [2.75, 3.05) is 5.73 Å². The van der Waals surface area contributed by atoms with E-state index in [0.29, 0.717) is 5.69 Å². The standard InChI is InChI=1S/C16H12N2O4S/c17-10-5-7-11(8-6-10)23(21,22)18-14-9-15(19)12-3-1-2-4-13(12)16(14)20/h1-9,18H,17H2. The second-order valence-corrected chi connectivity index (χ2v) is 6.65. The number of hydrogen-bond acceptors (Lipinski definition) is 5. The minimum absolute atomic E-state index is 0.0493. The van der Waals surface area contributed by atoms with E-state index in [1.807, 2.05) is 0 Å². The van der Waals surface area contributed by atoms with Crippen molar-refractivity contribution in [3.8, 4) is 0 Å². The molecule has 6 nitrogen and oxygen atoms in total. The van der Waals surface area contributed by atoms with Crippen LogP contribution in [-0.4, -0.2) is 20.0 Å². The molecule has 0 radical (unpaired) electrons. The minimum Gasteiger partial charge on any atom is -0.399 e. The number of anilines is 1. The van der Waals surface area contributed by atoms with Crippen molar-refractivity contribution < 1.29 is 18.0 Å². The molecule has 0 fully saturated rings. The van der Waals surface area contributed by atoms with Gasteiger partial charge < -0.3 is 5.73 Å². The predicted molar refractivity (Wildman–Crippen MR) is 84.4 cm³/mol. The van der Waals surface area contributed by atoms with Gasteiger partial charge in [-0.05, 0) is 24.3 Å². The Morgan fingerprint density at radius 2 is 1.48 bits per heavy atom. The number of sulfonamides is 1. The van der Waals surface area contributed by atoms with Gasteiger partial charge in [0.1, 0.15) is 5.70 Å². The van der Waals surface area contributed by atoms with Gasteiger partial charge in [-0.2, -0.15) is 0 Å². The summed E-state index contributed by atoms with van der Waals surface area (Å²) in [5.41, 5.74) is 6.10. The number of rotatable bonds is 3. The highest BCUT2D eigenvalue weighted by Crippen LogP contribution is 2.21. The first-order valence-corrected chi connectivity index (χ1v) is 8.15. The van der Waals surface area contributed by atoms with Gasteiger partial charge in [0.05, 0.1) is 4.90 Å². The summed E-state index contributed by atoms with van der Waals surface area (Å²) >= 11 is 0. The quantitative estimate of drug-likeness (QED) is 0.831. The van der Waals surface area contributed by atoms with Gasteiger partial charge >= 0.3 is 0 Å². The van der Waals surface area contributed by atoms with Crippen molar-refractivity contribution >= 4 is 27.3 Å². The van der Waals surface area contributed by atoms with Crippen LogP contribution >= 0.6 is 0 Å². The highest BCUT2D eigenvalue weighted by molar-refractivity contribution is 7.89. The molecule has 2 aromatic rings. The van der Waals surface area contributed by atoms with Crippen molar-refractivity contribution in [1.82, 2.24) is 4.72 Å². The SMILES string of the molecule is Nc1ccc(S(=O)(=O)NC2=CC(=O)c3ccccc3C2=O)cc1. The maximum absolute atomic E-state index is 12.4. The normalized spacial score (nSPS) is 14.2. The first-order chi connectivity index (χ1) is 10.9. The second kappa shape index (κ2) is 5.36. The number of fused-ring (bicyclic) bond motifs is 1. The number of carbonyl (C=O) groups excluding carboxylic acids is 2. The van der Waals surface area contributed by atoms with Gasteiger partial charge in [-0.15, -0.1) is 0 Å². The Morgan fingerprint density at radius 1 is 0.870 bits per heavy atom. The number of nitrogens with two attached hydrogens (primary N) is 1. The summed E-state index contributed by atoms with van der Waals surface area (Å²) in [6.07, 6.45) is 1.000. The topological polar surface area (TPSA) is 106 Å². The van der Waals surface area contributed by atoms with Gasteiger partial charge in [-0.3, -0.25) is 14.3 Å². The molecule has 3 N–H and O–H groups in total. The average molecular weight is 328 g/mol. The molecule has 7 heteroatoms. The molecule has 0 spiro atoms. The van der Waals surface area contributed by atoms with Crippen LogP contribution in [-0.2, 0) is 10.0 Å². The Balaban J connectivity index is 1.96. The van der Waals surface area contributed by atoms with Crippen molar-refractivity contribution in [2.45, 2.75) is 4.90 Å². The summed E-state index contributed by atoms with van der Waals surface area (Å²) in [4.78, 5) is 24.3. The molecule has 2 aromatic carbocycles. The van der Waals surface area contributed by atoms with Crippen molar-refractivity contribution in [3.63, 3.8) is 0 Å². The van der Waals surface area contributed by atoms with E-state index in [1.165, 1.54) is 36.4 Å². The summed E-state index contributed by atoms with van der Waals surface area (Å²) in [6, 6.07) is 11.8. The molecule has 23 heavy (non-hydrogen) atoms. The number of benzene rings is 2. The number of Topliss-reactive ketones (excluding diaryl/α,β-unsaturated/α-hetero) is 1. The molecule has 0 atom stereocenters. The maximum Gasteiger partial charge on any atom is 0.262 e. The summed E-state index contributed by atoms with van der Waals surface area (Å²) in [5.74, 6) is -0.963. The van der Waals surface area contributed by atoms with Crippen LogP contribution in [0.4, 0.5) is 5.69 Å². The molecular weight excluding hydrogens is 316 g/mol. The molecule has 1 aliphatic rings. The molecule has 0 saturated carbocycles. The second-order valence-electron chi connectivity index (χ2n) is 4.97. The number of hydrogen-bond donors (Lipinski definition) is 2. The lowest BCUT2D eigenvalue weighted by Gasteiger charge is -2.16. The summed E-state index contributed by atoms with van der Waals surface area (Å²) in [5, 5.41) is 0. The Kier molecular flexibility index (Phi) is 3.49. The fourth-order valence-electron chi connectivity index (χ4n) is 2.24. The van der Waals surface area contributed by atoms with E-state index < -0.39 is 21.6 Å². The van der Waals surface area contributed by atoms with Crippen molar-refractivity contribution in [2.24, 2.45) is 0 Å². The highest BCUT2D eigenvalue weighted by atomic mass is 32.2. The Hall–Kier alpha value is -2.93. The van der Waals surface area contributed by atoms with E-state index in [9.17, 15) is 18.0 Å². The van der Waals surface area contributed by atoms with Crippen molar-refractivity contribution in [3.05, 3.63) is 71.4 Å². The van der Waals surface area contributed by atoms with Gasteiger partial charge in [0, 0.05) is 22.9 Å². The highest BCUT2D eigenvalue weighted by Gasteiger charge is 2.28. The zero-order chi connectivity index (χ0) is 16.6. The molecule has 116 valence electrons. The Bertz CT molecular complexity index is 944. The third kappa shape index (κ3) is 2.74. The largest absolute Gasteiger partial charge is 0.399 e. The molecule has 0 bridgehead atoms. The van der Waals surface area contributed by atoms with Crippen LogP contribution in [0.2, 0.25) is 0 Å². The molecule has 0 aromatic heterocycles. The molecule has 0 saturated heterocycles. The van der Waals surface area contributed by atoms with E-state index in [4.69, 9.17) is 5.73 Å². The van der Waals surface area contributed by atoms with Gasteiger partial charge in [0.2, 0.25) is 5.78 Å². The number of ketones is 2. The first-order valence-electron chi connectivity index (χ1n) is 6.66. The summed E-state index contributed by atoms with van der Waals surface area (Å²) < 4.78 is 26.8. The monoisotopic (exact) mass is 328 g/mol. The summed E-state index contributed by atoms with van der Waals surface area (Å²) in [6.45, 7) is 0. The van der Waals surface area contributed by atoms with Crippen LogP contribution in [0.5, 0.6) is 0 Å². The smallest absolute Gasteiger partial charge is 0.262 e. The number of carbonyl (C=O) groups is 2. The average Bonchev–Trinajstić information content (AvgIpc) is 2.52. The first kappa shape index (κ1) is 15.0. The molecule has 0 unspecified atom stereocenters. The number of allylic oxidation sites excluding steroid dienone is 2. The van der Waals surface area contributed by atoms with Gasteiger partial charge in [-0.25, -0.2) is 8.42 Å². The maximum atomic E-state index is 12.4. The Morgan fingerprint density at radius 3 is 2.13 bits per heavy atom. The fraction of sp³-hybridized carbons (Fsp3) is 0. The number of nitrogens with one attached hydrogen (secondary N) is 1. The minimum atomic E-state index is -3.98. The van der Waals surface area contributed by atoms with Gasteiger partial charge in [-0.1, -0.05) is 24.3 Å². The van der Waals surface area contributed by atoms with Gasteiger partial charge in [0.15, 0.2) is 5.78 Å².